The Bertz CT molecular complexity index is 530. The lowest BCUT2D eigenvalue weighted by Gasteiger charge is -2.11. The van der Waals surface area contributed by atoms with Gasteiger partial charge < -0.3 is 4.52 Å². The lowest BCUT2D eigenvalue weighted by Crippen LogP contribution is -2.00. The van der Waals surface area contributed by atoms with Crippen molar-refractivity contribution in [1.29, 1.82) is 0 Å². The molecule has 0 aromatic carbocycles. The number of nitrogens with zero attached hydrogens (tertiary/aromatic N) is 3. The molecule has 2 heterocycles. The minimum Gasteiger partial charge on any atom is -0.339 e. The summed E-state index contributed by atoms with van der Waals surface area (Å²) in [5, 5.41) is 4.11. The molecule has 1 unspecified atom stereocenters. The highest BCUT2D eigenvalue weighted by Gasteiger charge is 2.19. The Hall–Kier alpha value is -0.980. The predicted octanol–water partition coefficient (Wildman–Crippen LogP) is 5.40. The zero-order valence-corrected chi connectivity index (χ0v) is 15.3. The van der Waals surface area contributed by atoms with Crippen LogP contribution in [0.15, 0.2) is 28.9 Å². The van der Waals surface area contributed by atoms with Crippen molar-refractivity contribution in [3.63, 3.8) is 0 Å². The number of halogens is 1. The number of aromatic nitrogens is 3. The van der Waals surface area contributed by atoms with Crippen LogP contribution in [0, 0.1) is 0 Å². The summed E-state index contributed by atoms with van der Waals surface area (Å²) in [6, 6.07) is 5.74. The van der Waals surface area contributed by atoms with Gasteiger partial charge in [-0.05, 0) is 35.8 Å². The van der Waals surface area contributed by atoms with E-state index in [9.17, 15) is 0 Å². The maximum Gasteiger partial charge on any atom is 0.230 e. The molecule has 4 nitrogen and oxygen atoms in total. The lowest BCUT2D eigenvalue weighted by atomic mass is 9.95. The van der Waals surface area contributed by atoms with E-state index in [1.165, 1.54) is 36.5 Å². The van der Waals surface area contributed by atoms with Gasteiger partial charge in [-0.15, -0.1) is 0 Å². The molecule has 0 bridgehead atoms. The second-order valence-electron chi connectivity index (χ2n) is 5.55. The van der Waals surface area contributed by atoms with Crippen molar-refractivity contribution in [3.8, 4) is 11.5 Å². The third-order valence-corrected chi connectivity index (χ3v) is 4.54. The van der Waals surface area contributed by atoms with Gasteiger partial charge in [0.2, 0.25) is 11.7 Å². The Balaban J connectivity index is 2.02. The fraction of sp³-hybridized carbons (Fsp3) is 0.588. The third kappa shape index (κ3) is 5.34. The molecule has 0 fully saturated rings. The average Bonchev–Trinajstić information content (AvgIpc) is 3.05. The molecule has 2 aromatic heterocycles. The molecule has 0 spiro atoms. The molecular formula is C17H24IN3O. The van der Waals surface area contributed by atoms with Gasteiger partial charge in [-0.3, -0.25) is 4.98 Å². The van der Waals surface area contributed by atoms with Crippen molar-refractivity contribution >= 4 is 22.6 Å². The smallest absolute Gasteiger partial charge is 0.230 e. The molecule has 0 saturated heterocycles. The molecule has 0 N–H and O–H groups in total. The van der Waals surface area contributed by atoms with Crippen molar-refractivity contribution in [3.05, 3.63) is 30.3 Å². The first-order valence-electron chi connectivity index (χ1n) is 8.16. The molecule has 0 aliphatic rings. The number of pyridine rings is 1. The van der Waals surface area contributed by atoms with Gasteiger partial charge in [0.15, 0.2) is 0 Å². The van der Waals surface area contributed by atoms with Crippen LogP contribution in [0.1, 0.15) is 63.7 Å². The minimum absolute atomic E-state index is 0.388. The molecule has 22 heavy (non-hydrogen) atoms. The van der Waals surface area contributed by atoms with Gasteiger partial charge in [0.25, 0.3) is 0 Å². The van der Waals surface area contributed by atoms with Gasteiger partial charge in [0.1, 0.15) is 5.69 Å². The summed E-state index contributed by atoms with van der Waals surface area (Å²) >= 11 is 2.44. The lowest BCUT2D eigenvalue weighted by molar-refractivity contribution is 0.332. The van der Waals surface area contributed by atoms with Crippen LogP contribution in [0.4, 0.5) is 0 Å². The molecule has 2 aromatic rings. The summed E-state index contributed by atoms with van der Waals surface area (Å²) in [7, 11) is 0. The highest BCUT2D eigenvalue weighted by molar-refractivity contribution is 14.1. The second-order valence-corrected chi connectivity index (χ2v) is 6.63. The summed E-state index contributed by atoms with van der Waals surface area (Å²) in [6.07, 6.45) is 10.2. The number of alkyl halides is 1. The Morgan fingerprint density at radius 1 is 1.14 bits per heavy atom. The summed E-state index contributed by atoms with van der Waals surface area (Å²) < 4.78 is 6.77. The standard InChI is InChI=1S/C17H24IN3O/c1-2-3-9-14(10-5-4-7-12-18)17-20-16(21-22-17)15-11-6-8-13-19-15/h6,8,11,13-14H,2-5,7,9-10,12H2,1H3. The van der Waals surface area contributed by atoms with Gasteiger partial charge in [-0.2, -0.15) is 4.98 Å². The van der Waals surface area contributed by atoms with Gasteiger partial charge in [-0.25, -0.2) is 0 Å². The zero-order valence-electron chi connectivity index (χ0n) is 13.2. The molecule has 0 saturated carbocycles. The summed E-state index contributed by atoms with van der Waals surface area (Å²) in [5.74, 6) is 1.77. The maximum atomic E-state index is 5.53. The van der Waals surface area contributed by atoms with E-state index in [0.717, 1.165) is 24.4 Å². The van der Waals surface area contributed by atoms with Crippen LogP contribution >= 0.6 is 22.6 Å². The van der Waals surface area contributed by atoms with Crippen molar-refractivity contribution in [2.24, 2.45) is 0 Å². The summed E-state index contributed by atoms with van der Waals surface area (Å²) in [6.45, 7) is 2.22. The Morgan fingerprint density at radius 2 is 2.00 bits per heavy atom. The number of unbranched alkanes of at least 4 members (excludes halogenated alkanes) is 3. The van der Waals surface area contributed by atoms with Gasteiger partial charge in [-0.1, -0.05) is 66.4 Å². The van der Waals surface area contributed by atoms with Crippen molar-refractivity contribution in [2.45, 2.75) is 57.8 Å². The quantitative estimate of drug-likeness (QED) is 0.297. The largest absolute Gasteiger partial charge is 0.339 e. The average molecular weight is 413 g/mol. The van der Waals surface area contributed by atoms with Gasteiger partial charge in [0, 0.05) is 12.1 Å². The first kappa shape index (κ1) is 17.4. The van der Waals surface area contributed by atoms with Crippen LogP contribution in [0.25, 0.3) is 11.5 Å². The number of rotatable bonds is 10. The molecule has 0 aliphatic heterocycles. The van der Waals surface area contributed by atoms with Crippen LogP contribution in [-0.4, -0.2) is 19.6 Å². The molecule has 0 aliphatic carbocycles. The van der Waals surface area contributed by atoms with E-state index in [0.29, 0.717) is 11.7 Å². The monoisotopic (exact) mass is 413 g/mol. The topological polar surface area (TPSA) is 51.8 Å². The first-order valence-corrected chi connectivity index (χ1v) is 9.68. The van der Waals surface area contributed by atoms with E-state index in [1.807, 2.05) is 18.2 Å². The molecule has 1 atom stereocenters. The van der Waals surface area contributed by atoms with E-state index in [2.05, 4.69) is 44.6 Å². The van der Waals surface area contributed by atoms with Crippen molar-refractivity contribution < 1.29 is 4.52 Å². The Labute approximate surface area is 146 Å². The highest BCUT2D eigenvalue weighted by atomic mass is 127. The fourth-order valence-electron chi connectivity index (χ4n) is 2.50. The van der Waals surface area contributed by atoms with Crippen LogP contribution < -0.4 is 0 Å². The van der Waals surface area contributed by atoms with Crippen LogP contribution in [0.5, 0.6) is 0 Å². The van der Waals surface area contributed by atoms with E-state index >= 15 is 0 Å². The van der Waals surface area contributed by atoms with Crippen LogP contribution in [0.3, 0.4) is 0 Å². The Morgan fingerprint density at radius 3 is 2.73 bits per heavy atom. The molecule has 2 rings (SSSR count). The van der Waals surface area contributed by atoms with Crippen molar-refractivity contribution in [2.75, 3.05) is 4.43 Å². The molecule has 0 amide bonds. The van der Waals surface area contributed by atoms with Crippen LogP contribution in [-0.2, 0) is 0 Å². The van der Waals surface area contributed by atoms with Crippen LogP contribution in [0.2, 0.25) is 0 Å². The Kier molecular flexibility index (Phi) is 7.83. The van der Waals surface area contributed by atoms with Gasteiger partial charge in [0.05, 0.1) is 0 Å². The summed E-state index contributed by atoms with van der Waals surface area (Å²) in [4.78, 5) is 8.88. The normalized spacial score (nSPS) is 12.5. The molecular weight excluding hydrogens is 389 g/mol. The third-order valence-electron chi connectivity index (χ3n) is 3.78. The van der Waals surface area contributed by atoms with Crippen molar-refractivity contribution in [1.82, 2.24) is 15.1 Å². The molecule has 5 heteroatoms. The molecule has 120 valence electrons. The summed E-state index contributed by atoms with van der Waals surface area (Å²) in [5.41, 5.74) is 0.775. The highest BCUT2D eigenvalue weighted by Crippen LogP contribution is 2.28. The maximum absolute atomic E-state index is 5.53. The zero-order chi connectivity index (χ0) is 15.6. The molecule has 0 radical (unpaired) electrons. The van der Waals surface area contributed by atoms with Gasteiger partial charge >= 0.3 is 0 Å². The second kappa shape index (κ2) is 9.92. The van der Waals surface area contributed by atoms with E-state index < -0.39 is 0 Å². The SMILES string of the molecule is CCCCC(CCCCCI)c1nc(-c2ccccn2)no1. The van der Waals surface area contributed by atoms with E-state index in [1.54, 1.807) is 6.20 Å². The fourth-order valence-corrected chi connectivity index (χ4v) is 3.04. The number of hydrogen-bond donors (Lipinski definition) is 0. The van der Waals surface area contributed by atoms with E-state index in [-0.39, 0.29) is 0 Å². The number of hydrogen-bond acceptors (Lipinski definition) is 4. The predicted molar refractivity (Wildman–Crippen MR) is 97.2 cm³/mol. The minimum atomic E-state index is 0.388. The van der Waals surface area contributed by atoms with E-state index in [4.69, 9.17) is 4.52 Å². The first-order chi connectivity index (χ1) is 10.8.